The normalized spacial score (nSPS) is 24.3. The number of halogens is 1. The number of rotatable bonds is 11. The largest absolute Gasteiger partial charge is 0.493 e. The molecule has 1 fully saturated rings. The van der Waals surface area contributed by atoms with Gasteiger partial charge in [0.2, 0.25) is 0 Å². The fraction of sp³-hybridized carbons (Fsp3) is 0.609. The molecule has 0 saturated heterocycles. The van der Waals surface area contributed by atoms with Crippen LogP contribution in [0.1, 0.15) is 48.8 Å². The number of alkyl halides is 1. The van der Waals surface area contributed by atoms with Crippen LogP contribution in [0.5, 0.6) is 5.75 Å². The number of aryl methyl sites for hydroxylation is 2. The van der Waals surface area contributed by atoms with Gasteiger partial charge in [-0.2, -0.15) is 0 Å². The number of aliphatic hydroxyl groups is 1. The summed E-state index contributed by atoms with van der Waals surface area (Å²) >= 11 is 6.50. The number of allylic oxidation sites excluding steroid dienone is 2. The lowest BCUT2D eigenvalue weighted by molar-refractivity contribution is -0.137. The summed E-state index contributed by atoms with van der Waals surface area (Å²) < 4.78 is 11.3. The lowest BCUT2D eigenvalue weighted by Crippen LogP contribution is -2.27. The van der Waals surface area contributed by atoms with Gasteiger partial charge < -0.3 is 19.7 Å². The third kappa shape index (κ3) is 7.02. The van der Waals surface area contributed by atoms with Crippen molar-refractivity contribution in [2.24, 2.45) is 11.8 Å². The number of aliphatic carboxylic acids is 1. The molecule has 162 valence electrons. The standard InChI is InChI=1S/C23H33ClO5/c1-15-10-17(11-16(2)19(15)13-28-3)29-14-20-18(21(24)12-22(20)25)8-6-4-5-7-9-23(26)27/h4,6,10-11,18,20-22,25H,5,7-9,12-14H2,1-3H3,(H,26,27)/b6-4-/t18-,20-,21-,22-/m1/s1. The van der Waals surface area contributed by atoms with Gasteiger partial charge in [-0.15, -0.1) is 11.6 Å². The summed E-state index contributed by atoms with van der Waals surface area (Å²) in [6, 6.07) is 4.02. The Morgan fingerprint density at radius 1 is 1.24 bits per heavy atom. The van der Waals surface area contributed by atoms with Gasteiger partial charge in [-0.05, 0) is 74.3 Å². The first kappa shape index (κ1) is 23.7. The van der Waals surface area contributed by atoms with Crippen LogP contribution in [0.4, 0.5) is 0 Å². The number of carboxylic acid groups (broad SMARTS) is 1. The summed E-state index contributed by atoms with van der Waals surface area (Å²) in [5.74, 6) is 0.141. The van der Waals surface area contributed by atoms with E-state index in [-0.39, 0.29) is 23.6 Å². The first-order valence-corrected chi connectivity index (χ1v) is 10.7. The van der Waals surface area contributed by atoms with Crippen molar-refractivity contribution < 1.29 is 24.5 Å². The molecule has 4 atom stereocenters. The van der Waals surface area contributed by atoms with E-state index in [0.717, 1.165) is 29.7 Å². The number of hydrogen-bond donors (Lipinski definition) is 2. The van der Waals surface area contributed by atoms with Crippen LogP contribution in [0.2, 0.25) is 0 Å². The minimum atomic E-state index is -0.768. The fourth-order valence-electron chi connectivity index (χ4n) is 4.03. The van der Waals surface area contributed by atoms with Crippen molar-refractivity contribution >= 4 is 17.6 Å². The zero-order chi connectivity index (χ0) is 21.4. The smallest absolute Gasteiger partial charge is 0.303 e. The van der Waals surface area contributed by atoms with E-state index < -0.39 is 12.1 Å². The third-order valence-electron chi connectivity index (χ3n) is 5.71. The summed E-state index contributed by atoms with van der Waals surface area (Å²) in [4.78, 5) is 10.6. The molecule has 0 unspecified atom stereocenters. The van der Waals surface area contributed by atoms with Crippen LogP contribution in [-0.2, 0) is 16.1 Å². The van der Waals surface area contributed by atoms with Gasteiger partial charge >= 0.3 is 5.97 Å². The Morgan fingerprint density at radius 2 is 1.93 bits per heavy atom. The summed E-state index contributed by atoms with van der Waals surface area (Å²) in [6.07, 6.45) is 6.48. The first-order chi connectivity index (χ1) is 13.8. The van der Waals surface area contributed by atoms with Gasteiger partial charge in [0.25, 0.3) is 0 Å². The molecule has 1 aliphatic rings. The average Bonchev–Trinajstić information content (AvgIpc) is 2.92. The van der Waals surface area contributed by atoms with E-state index in [4.69, 9.17) is 26.2 Å². The van der Waals surface area contributed by atoms with Crippen molar-refractivity contribution in [2.45, 2.75) is 64.0 Å². The maximum Gasteiger partial charge on any atom is 0.303 e. The van der Waals surface area contributed by atoms with Crippen LogP contribution in [0.15, 0.2) is 24.3 Å². The molecule has 1 aromatic carbocycles. The van der Waals surface area contributed by atoms with Crippen LogP contribution in [0, 0.1) is 25.7 Å². The molecule has 0 amide bonds. The number of hydrogen-bond acceptors (Lipinski definition) is 4. The van der Waals surface area contributed by atoms with Crippen LogP contribution in [0.3, 0.4) is 0 Å². The number of ether oxygens (including phenoxy) is 2. The molecular weight excluding hydrogens is 392 g/mol. The van der Waals surface area contributed by atoms with Crippen LogP contribution in [0.25, 0.3) is 0 Å². The highest BCUT2D eigenvalue weighted by Crippen LogP contribution is 2.39. The van der Waals surface area contributed by atoms with Crippen molar-refractivity contribution in [1.82, 2.24) is 0 Å². The molecule has 2 rings (SSSR count). The minimum Gasteiger partial charge on any atom is -0.493 e. The molecule has 0 aliphatic heterocycles. The molecule has 0 heterocycles. The average molecular weight is 425 g/mol. The van der Waals surface area contributed by atoms with Gasteiger partial charge in [0.15, 0.2) is 0 Å². The highest BCUT2D eigenvalue weighted by Gasteiger charge is 2.41. The Balaban J connectivity index is 1.93. The SMILES string of the molecule is COCc1c(C)cc(OC[C@@H]2[C@@H](C/C=C\CCCC(=O)O)[C@H](Cl)C[C@H]2O)cc1C. The van der Waals surface area contributed by atoms with Gasteiger partial charge in [-0.1, -0.05) is 12.2 Å². The number of benzene rings is 1. The molecule has 0 spiro atoms. The van der Waals surface area contributed by atoms with E-state index in [1.165, 1.54) is 5.56 Å². The number of methoxy groups -OCH3 is 1. The summed E-state index contributed by atoms with van der Waals surface area (Å²) in [6.45, 7) is 5.09. The molecule has 0 aromatic heterocycles. The van der Waals surface area contributed by atoms with E-state index in [0.29, 0.717) is 26.1 Å². The predicted molar refractivity (Wildman–Crippen MR) is 115 cm³/mol. The number of unbranched alkanes of at least 4 members (excludes halogenated alkanes) is 1. The molecule has 1 aliphatic carbocycles. The van der Waals surface area contributed by atoms with E-state index in [9.17, 15) is 9.90 Å². The van der Waals surface area contributed by atoms with Crippen LogP contribution in [-0.4, -0.2) is 41.4 Å². The molecule has 0 radical (unpaired) electrons. The number of carboxylic acids is 1. The zero-order valence-corrected chi connectivity index (χ0v) is 18.3. The van der Waals surface area contributed by atoms with E-state index in [1.54, 1.807) is 7.11 Å². The van der Waals surface area contributed by atoms with Gasteiger partial charge in [-0.25, -0.2) is 0 Å². The van der Waals surface area contributed by atoms with Gasteiger partial charge in [-0.3, -0.25) is 4.79 Å². The van der Waals surface area contributed by atoms with Crippen molar-refractivity contribution in [3.05, 3.63) is 41.0 Å². The summed E-state index contributed by atoms with van der Waals surface area (Å²) in [5, 5.41) is 19.1. The maximum absolute atomic E-state index is 10.6. The molecular formula is C23H33ClO5. The Hall–Kier alpha value is -1.56. The van der Waals surface area contributed by atoms with E-state index in [2.05, 4.69) is 6.08 Å². The molecule has 5 nitrogen and oxygen atoms in total. The minimum absolute atomic E-state index is 0.0274. The topological polar surface area (TPSA) is 76.0 Å². The van der Waals surface area contributed by atoms with Crippen molar-refractivity contribution in [3.8, 4) is 5.75 Å². The second-order valence-corrected chi connectivity index (χ2v) is 8.48. The lowest BCUT2D eigenvalue weighted by Gasteiger charge is -2.23. The van der Waals surface area contributed by atoms with Crippen molar-refractivity contribution in [1.29, 1.82) is 0 Å². The Labute approximate surface area is 178 Å². The second kappa shape index (κ2) is 11.6. The Bertz CT molecular complexity index is 680. The van der Waals surface area contributed by atoms with Gasteiger partial charge in [0, 0.05) is 24.8 Å². The van der Waals surface area contributed by atoms with E-state index in [1.807, 2.05) is 32.1 Å². The summed E-state index contributed by atoms with van der Waals surface area (Å²) in [5.41, 5.74) is 3.43. The molecule has 1 aromatic rings. The van der Waals surface area contributed by atoms with Crippen molar-refractivity contribution in [3.63, 3.8) is 0 Å². The zero-order valence-electron chi connectivity index (χ0n) is 17.6. The van der Waals surface area contributed by atoms with Crippen LogP contribution < -0.4 is 4.74 Å². The highest BCUT2D eigenvalue weighted by atomic mass is 35.5. The van der Waals surface area contributed by atoms with Crippen LogP contribution >= 0.6 is 11.6 Å². The first-order valence-electron chi connectivity index (χ1n) is 10.2. The molecule has 0 bridgehead atoms. The lowest BCUT2D eigenvalue weighted by atomic mass is 9.92. The quantitative estimate of drug-likeness (QED) is 0.307. The predicted octanol–water partition coefficient (Wildman–Crippen LogP) is 4.63. The van der Waals surface area contributed by atoms with Crippen molar-refractivity contribution in [2.75, 3.05) is 13.7 Å². The van der Waals surface area contributed by atoms with E-state index >= 15 is 0 Å². The number of aliphatic hydroxyl groups excluding tert-OH is 1. The second-order valence-electron chi connectivity index (χ2n) is 7.92. The highest BCUT2D eigenvalue weighted by molar-refractivity contribution is 6.21. The molecule has 2 N–H and O–H groups in total. The Morgan fingerprint density at radius 3 is 2.55 bits per heavy atom. The Kier molecular flexibility index (Phi) is 9.47. The van der Waals surface area contributed by atoms with Gasteiger partial charge in [0.05, 0.1) is 19.3 Å². The monoisotopic (exact) mass is 424 g/mol. The summed E-state index contributed by atoms with van der Waals surface area (Å²) in [7, 11) is 1.69. The molecule has 6 heteroatoms. The number of carbonyl (C=O) groups is 1. The molecule has 1 saturated carbocycles. The molecule has 29 heavy (non-hydrogen) atoms. The fourth-order valence-corrected chi connectivity index (χ4v) is 4.51. The third-order valence-corrected chi connectivity index (χ3v) is 6.21. The van der Waals surface area contributed by atoms with Gasteiger partial charge in [0.1, 0.15) is 5.75 Å². The maximum atomic E-state index is 10.6.